The third-order valence-electron chi connectivity index (χ3n) is 2.92. The molecule has 2 heterocycles. The van der Waals surface area contributed by atoms with Gasteiger partial charge < -0.3 is 4.52 Å². The fourth-order valence-corrected chi connectivity index (χ4v) is 4.19. The van der Waals surface area contributed by atoms with Crippen LogP contribution in [0.5, 0.6) is 5.88 Å². The molecule has 0 aliphatic heterocycles. The van der Waals surface area contributed by atoms with Gasteiger partial charge in [0.1, 0.15) is 0 Å². The molecule has 116 valence electrons. The van der Waals surface area contributed by atoms with E-state index in [9.17, 15) is 0 Å². The molecule has 0 atom stereocenters. The van der Waals surface area contributed by atoms with Gasteiger partial charge in [-0.1, -0.05) is 0 Å². The summed E-state index contributed by atoms with van der Waals surface area (Å²) in [6.45, 7) is 5.73. The van der Waals surface area contributed by atoms with Gasteiger partial charge in [0.2, 0.25) is 5.88 Å². The number of pyridine rings is 1. The number of nitrogens with zero attached hydrogens (tertiary/aromatic N) is 3. The third-order valence-corrected chi connectivity index (χ3v) is 5.34. The van der Waals surface area contributed by atoms with Crippen molar-refractivity contribution in [2.45, 2.75) is 27.7 Å². The number of rotatable bonds is 6. The summed E-state index contributed by atoms with van der Waals surface area (Å²) in [4.78, 5) is 4.49. The van der Waals surface area contributed by atoms with E-state index in [2.05, 4.69) is 10.1 Å². The van der Waals surface area contributed by atoms with Crippen LogP contribution < -0.4 is 4.52 Å². The average molecular weight is 329 g/mol. The number of fused-ring (bicyclic) bond motifs is 1. The van der Waals surface area contributed by atoms with E-state index in [-0.39, 0.29) is 0 Å². The Morgan fingerprint density at radius 3 is 2.43 bits per heavy atom. The number of aryl methyl sites for hydroxylation is 3. The Balaban J connectivity index is 2.43. The van der Waals surface area contributed by atoms with E-state index in [0.717, 1.165) is 22.3 Å². The standard InChI is InChI=1S/C13H20N3O3PS/c1-6-17-20(21,18-7-2)19-11-8-9(3)12-10(4)15-16(5)13(12)14-11/h8H,6-7H2,1-5H3. The Morgan fingerprint density at radius 2 is 1.86 bits per heavy atom. The molecule has 0 bridgehead atoms. The van der Waals surface area contributed by atoms with Gasteiger partial charge in [0, 0.05) is 30.3 Å². The third kappa shape index (κ3) is 3.43. The quantitative estimate of drug-likeness (QED) is 0.758. The fraction of sp³-hybridized carbons (Fsp3) is 0.538. The first kappa shape index (κ1) is 16.4. The van der Waals surface area contributed by atoms with Crippen molar-refractivity contribution in [1.29, 1.82) is 0 Å². The summed E-state index contributed by atoms with van der Waals surface area (Å²) in [6.07, 6.45) is 0. The van der Waals surface area contributed by atoms with Crippen LogP contribution in [0, 0.1) is 13.8 Å². The van der Waals surface area contributed by atoms with Crippen LogP contribution in [-0.2, 0) is 27.9 Å². The van der Waals surface area contributed by atoms with Crippen LogP contribution >= 0.6 is 6.72 Å². The normalized spacial score (nSPS) is 12.0. The second kappa shape index (κ2) is 6.40. The number of hydrogen-bond acceptors (Lipinski definition) is 6. The largest absolute Gasteiger partial charge is 0.406 e. The van der Waals surface area contributed by atoms with Crippen LogP contribution in [0.3, 0.4) is 0 Å². The maximum absolute atomic E-state index is 5.77. The van der Waals surface area contributed by atoms with Crippen LogP contribution in [0.1, 0.15) is 25.1 Å². The maximum Gasteiger partial charge on any atom is 0.381 e. The van der Waals surface area contributed by atoms with Crippen molar-refractivity contribution in [1.82, 2.24) is 14.8 Å². The maximum atomic E-state index is 5.77. The van der Waals surface area contributed by atoms with Crippen molar-refractivity contribution in [3.8, 4) is 5.88 Å². The minimum Gasteiger partial charge on any atom is -0.406 e. The summed E-state index contributed by atoms with van der Waals surface area (Å²) >= 11 is 5.37. The molecule has 0 spiro atoms. The summed E-state index contributed by atoms with van der Waals surface area (Å²) in [5.41, 5.74) is 2.74. The Morgan fingerprint density at radius 1 is 1.24 bits per heavy atom. The first-order chi connectivity index (χ1) is 9.90. The zero-order chi connectivity index (χ0) is 15.6. The highest BCUT2D eigenvalue weighted by atomic mass is 32.5. The van der Waals surface area contributed by atoms with E-state index in [0.29, 0.717) is 19.1 Å². The zero-order valence-electron chi connectivity index (χ0n) is 12.9. The highest BCUT2D eigenvalue weighted by Crippen LogP contribution is 2.49. The number of hydrogen-bond donors (Lipinski definition) is 0. The first-order valence-corrected chi connectivity index (χ1v) is 9.35. The lowest BCUT2D eigenvalue weighted by Gasteiger charge is -2.20. The summed E-state index contributed by atoms with van der Waals surface area (Å²) in [5.74, 6) is 0.410. The van der Waals surface area contributed by atoms with Crippen molar-refractivity contribution in [3.05, 3.63) is 17.3 Å². The van der Waals surface area contributed by atoms with Gasteiger partial charge in [0.05, 0.1) is 18.9 Å². The molecule has 2 aromatic heterocycles. The zero-order valence-corrected chi connectivity index (χ0v) is 14.6. The Kier molecular flexibility index (Phi) is 4.99. The highest BCUT2D eigenvalue weighted by Gasteiger charge is 2.23. The van der Waals surface area contributed by atoms with Crippen molar-refractivity contribution < 1.29 is 13.6 Å². The predicted molar refractivity (Wildman–Crippen MR) is 86.1 cm³/mol. The van der Waals surface area contributed by atoms with Crippen LogP contribution in [0.15, 0.2) is 6.07 Å². The van der Waals surface area contributed by atoms with Crippen molar-refractivity contribution in [2.24, 2.45) is 7.05 Å². The second-order valence-corrected chi connectivity index (χ2v) is 7.49. The fourth-order valence-electron chi connectivity index (χ4n) is 2.20. The van der Waals surface area contributed by atoms with Gasteiger partial charge in [-0.3, -0.25) is 13.7 Å². The second-order valence-electron chi connectivity index (χ2n) is 4.56. The SMILES string of the molecule is CCOP(=S)(OCC)Oc1cc(C)c2c(C)nn(C)c2n1. The van der Waals surface area contributed by atoms with Gasteiger partial charge in [-0.15, -0.1) is 0 Å². The monoisotopic (exact) mass is 329 g/mol. The summed E-state index contributed by atoms with van der Waals surface area (Å²) in [7, 11) is 1.85. The molecule has 0 fully saturated rings. The molecule has 6 nitrogen and oxygen atoms in total. The van der Waals surface area contributed by atoms with Gasteiger partial charge in [-0.2, -0.15) is 10.1 Å². The lowest BCUT2D eigenvalue weighted by molar-refractivity contribution is 0.216. The summed E-state index contributed by atoms with van der Waals surface area (Å²) < 4.78 is 18.5. The topological polar surface area (TPSA) is 58.4 Å². The molecule has 21 heavy (non-hydrogen) atoms. The van der Waals surface area contributed by atoms with E-state index in [4.69, 9.17) is 25.4 Å². The van der Waals surface area contributed by atoms with Crippen LogP contribution in [-0.4, -0.2) is 28.0 Å². The number of aromatic nitrogens is 3. The van der Waals surface area contributed by atoms with Gasteiger partial charge in [-0.25, -0.2) is 0 Å². The molecule has 0 aliphatic rings. The molecule has 2 rings (SSSR count). The molecule has 8 heteroatoms. The molecule has 0 saturated heterocycles. The van der Waals surface area contributed by atoms with E-state index >= 15 is 0 Å². The molecule has 2 aromatic rings. The van der Waals surface area contributed by atoms with Crippen LogP contribution in [0.4, 0.5) is 0 Å². The molecule has 0 aliphatic carbocycles. The Bertz CT molecular complexity index is 692. The lowest BCUT2D eigenvalue weighted by Crippen LogP contribution is -2.04. The highest BCUT2D eigenvalue weighted by molar-refractivity contribution is 8.07. The Labute approximate surface area is 129 Å². The minimum atomic E-state index is -2.81. The van der Waals surface area contributed by atoms with Gasteiger partial charge in [0.15, 0.2) is 5.65 Å². The Hall–Kier alpha value is -1.01. The van der Waals surface area contributed by atoms with E-state index in [1.165, 1.54) is 0 Å². The van der Waals surface area contributed by atoms with Crippen LogP contribution in [0.25, 0.3) is 11.0 Å². The van der Waals surface area contributed by atoms with Crippen molar-refractivity contribution >= 4 is 29.6 Å². The first-order valence-electron chi connectivity index (χ1n) is 6.79. The summed E-state index contributed by atoms with van der Waals surface area (Å²) in [5, 5.41) is 5.41. The van der Waals surface area contributed by atoms with Gasteiger partial charge >= 0.3 is 6.72 Å². The smallest absolute Gasteiger partial charge is 0.381 e. The van der Waals surface area contributed by atoms with Crippen molar-refractivity contribution in [2.75, 3.05) is 13.2 Å². The minimum absolute atomic E-state index is 0.410. The molecule has 0 unspecified atom stereocenters. The molecule has 0 radical (unpaired) electrons. The molecular formula is C13H20N3O3PS. The predicted octanol–water partition coefficient (Wildman–Crippen LogP) is 3.26. The van der Waals surface area contributed by atoms with E-state index in [1.807, 2.05) is 40.8 Å². The van der Waals surface area contributed by atoms with E-state index in [1.54, 1.807) is 4.68 Å². The lowest BCUT2D eigenvalue weighted by atomic mass is 10.2. The van der Waals surface area contributed by atoms with Crippen LogP contribution in [0.2, 0.25) is 0 Å². The average Bonchev–Trinajstić information content (AvgIpc) is 2.65. The van der Waals surface area contributed by atoms with E-state index < -0.39 is 6.72 Å². The summed E-state index contributed by atoms with van der Waals surface area (Å²) in [6, 6.07) is 1.84. The molecule has 0 amide bonds. The molecular weight excluding hydrogens is 309 g/mol. The van der Waals surface area contributed by atoms with Gasteiger partial charge in [0.25, 0.3) is 0 Å². The molecule has 0 saturated carbocycles. The molecule has 0 aromatic carbocycles. The molecule has 0 N–H and O–H groups in total. The van der Waals surface area contributed by atoms with Gasteiger partial charge in [-0.05, 0) is 33.3 Å². The van der Waals surface area contributed by atoms with Crippen molar-refractivity contribution in [3.63, 3.8) is 0 Å².